The second-order valence-corrected chi connectivity index (χ2v) is 3.37. The van der Waals surface area contributed by atoms with Crippen molar-refractivity contribution in [3.63, 3.8) is 0 Å². The first-order chi connectivity index (χ1) is 5.92. The SMILES string of the molecule is O=Cc1ccccc1C1CCC1. The average Bonchev–Trinajstić information content (AvgIpc) is 2.02. The Bertz CT molecular complexity index is 287. The zero-order valence-electron chi connectivity index (χ0n) is 6.99. The zero-order valence-corrected chi connectivity index (χ0v) is 6.99. The van der Waals surface area contributed by atoms with Crippen LogP contribution in [0.15, 0.2) is 24.3 Å². The molecule has 1 aliphatic carbocycles. The molecule has 2 rings (SSSR count). The fourth-order valence-corrected chi connectivity index (χ4v) is 1.71. The summed E-state index contributed by atoms with van der Waals surface area (Å²) >= 11 is 0. The van der Waals surface area contributed by atoms with Crippen molar-refractivity contribution < 1.29 is 4.79 Å². The van der Waals surface area contributed by atoms with Crippen LogP contribution in [0.2, 0.25) is 0 Å². The summed E-state index contributed by atoms with van der Waals surface area (Å²) in [6.45, 7) is 0. The second-order valence-electron chi connectivity index (χ2n) is 3.37. The van der Waals surface area contributed by atoms with E-state index in [1.54, 1.807) is 0 Å². The lowest BCUT2D eigenvalue weighted by Gasteiger charge is -2.26. The lowest BCUT2D eigenvalue weighted by molar-refractivity contribution is 0.112. The Morgan fingerprint density at radius 3 is 2.58 bits per heavy atom. The molecule has 0 radical (unpaired) electrons. The van der Waals surface area contributed by atoms with Crippen LogP contribution < -0.4 is 0 Å². The molecule has 12 heavy (non-hydrogen) atoms. The van der Waals surface area contributed by atoms with Crippen molar-refractivity contribution in [2.75, 3.05) is 0 Å². The molecule has 0 unspecified atom stereocenters. The van der Waals surface area contributed by atoms with Crippen LogP contribution in [0.5, 0.6) is 0 Å². The molecule has 0 heterocycles. The fourth-order valence-electron chi connectivity index (χ4n) is 1.71. The van der Waals surface area contributed by atoms with Gasteiger partial charge in [-0.1, -0.05) is 30.7 Å². The number of hydrogen-bond acceptors (Lipinski definition) is 1. The molecule has 1 aromatic carbocycles. The van der Waals surface area contributed by atoms with Gasteiger partial charge in [0.05, 0.1) is 0 Å². The summed E-state index contributed by atoms with van der Waals surface area (Å²) in [5, 5.41) is 0. The molecule has 1 aromatic rings. The third kappa shape index (κ3) is 1.15. The summed E-state index contributed by atoms with van der Waals surface area (Å²) < 4.78 is 0. The van der Waals surface area contributed by atoms with Crippen LogP contribution in [0.4, 0.5) is 0 Å². The minimum absolute atomic E-state index is 0.659. The summed E-state index contributed by atoms with van der Waals surface area (Å²) in [5.74, 6) is 0.659. The molecule has 0 spiro atoms. The average molecular weight is 160 g/mol. The van der Waals surface area contributed by atoms with E-state index in [2.05, 4.69) is 6.07 Å². The van der Waals surface area contributed by atoms with E-state index in [1.165, 1.54) is 24.8 Å². The van der Waals surface area contributed by atoms with Crippen LogP contribution in [0, 0.1) is 0 Å². The van der Waals surface area contributed by atoms with E-state index in [1.807, 2.05) is 18.2 Å². The Balaban J connectivity index is 2.33. The van der Waals surface area contributed by atoms with E-state index in [0.29, 0.717) is 5.92 Å². The Kier molecular flexibility index (Phi) is 1.94. The van der Waals surface area contributed by atoms with Crippen LogP contribution in [0.3, 0.4) is 0 Å². The number of carbonyl (C=O) groups excluding carboxylic acids is 1. The Hall–Kier alpha value is -1.11. The monoisotopic (exact) mass is 160 g/mol. The van der Waals surface area contributed by atoms with Gasteiger partial charge < -0.3 is 0 Å². The highest BCUT2D eigenvalue weighted by atomic mass is 16.1. The maximum Gasteiger partial charge on any atom is 0.150 e. The van der Waals surface area contributed by atoms with E-state index in [9.17, 15) is 4.79 Å². The van der Waals surface area contributed by atoms with Crippen molar-refractivity contribution in [3.05, 3.63) is 35.4 Å². The first-order valence-corrected chi connectivity index (χ1v) is 4.46. The van der Waals surface area contributed by atoms with E-state index < -0.39 is 0 Å². The third-order valence-electron chi connectivity index (χ3n) is 2.67. The first-order valence-electron chi connectivity index (χ1n) is 4.46. The molecule has 0 atom stereocenters. The Morgan fingerprint density at radius 1 is 1.25 bits per heavy atom. The maximum absolute atomic E-state index is 10.7. The van der Waals surface area contributed by atoms with Gasteiger partial charge in [-0.3, -0.25) is 4.79 Å². The molecule has 1 fully saturated rings. The molecule has 1 aliphatic rings. The summed E-state index contributed by atoms with van der Waals surface area (Å²) in [4.78, 5) is 10.7. The summed E-state index contributed by atoms with van der Waals surface area (Å²) in [6, 6.07) is 7.92. The molecule has 0 amide bonds. The molecular weight excluding hydrogens is 148 g/mol. The van der Waals surface area contributed by atoms with Crippen molar-refractivity contribution >= 4 is 6.29 Å². The lowest BCUT2D eigenvalue weighted by atomic mass is 9.78. The summed E-state index contributed by atoms with van der Waals surface area (Å²) in [7, 11) is 0. The normalized spacial score (nSPS) is 17.0. The topological polar surface area (TPSA) is 17.1 Å². The first kappa shape index (κ1) is 7.53. The van der Waals surface area contributed by atoms with Gasteiger partial charge in [0.2, 0.25) is 0 Å². The molecule has 0 saturated heterocycles. The van der Waals surface area contributed by atoms with E-state index in [0.717, 1.165) is 11.8 Å². The lowest BCUT2D eigenvalue weighted by Crippen LogP contribution is -2.10. The molecule has 1 nitrogen and oxygen atoms in total. The van der Waals surface area contributed by atoms with Gasteiger partial charge >= 0.3 is 0 Å². The zero-order chi connectivity index (χ0) is 8.39. The molecule has 0 N–H and O–H groups in total. The van der Waals surface area contributed by atoms with Crippen LogP contribution in [0.25, 0.3) is 0 Å². The Morgan fingerprint density at radius 2 is 2.00 bits per heavy atom. The van der Waals surface area contributed by atoms with Gasteiger partial charge in [-0.15, -0.1) is 0 Å². The number of rotatable bonds is 2. The largest absolute Gasteiger partial charge is 0.298 e. The van der Waals surface area contributed by atoms with Crippen molar-refractivity contribution in [1.29, 1.82) is 0 Å². The van der Waals surface area contributed by atoms with E-state index in [-0.39, 0.29) is 0 Å². The minimum atomic E-state index is 0.659. The highest BCUT2D eigenvalue weighted by Gasteiger charge is 2.21. The van der Waals surface area contributed by atoms with Crippen molar-refractivity contribution in [2.24, 2.45) is 0 Å². The maximum atomic E-state index is 10.7. The quantitative estimate of drug-likeness (QED) is 0.608. The Labute approximate surface area is 72.4 Å². The smallest absolute Gasteiger partial charge is 0.150 e. The molecule has 0 aromatic heterocycles. The minimum Gasteiger partial charge on any atom is -0.298 e. The van der Waals surface area contributed by atoms with Gasteiger partial charge in [-0.05, 0) is 24.3 Å². The summed E-state index contributed by atoms with van der Waals surface area (Å²) in [6.07, 6.45) is 4.79. The van der Waals surface area contributed by atoms with Crippen molar-refractivity contribution in [2.45, 2.75) is 25.2 Å². The molecule has 62 valence electrons. The van der Waals surface area contributed by atoms with Gasteiger partial charge in [-0.2, -0.15) is 0 Å². The highest BCUT2D eigenvalue weighted by Crippen LogP contribution is 2.37. The number of hydrogen-bond donors (Lipinski definition) is 0. The van der Waals surface area contributed by atoms with E-state index in [4.69, 9.17) is 0 Å². The van der Waals surface area contributed by atoms with Crippen LogP contribution >= 0.6 is 0 Å². The molecule has 0 aliphatic heterocycles. The third-order valence-corrected chi connectivity index (χ3v) is 2.67. The standard InChI is InChI=1S/C11H12O/c12-8-10-4-1-2-7-11(10)9-5-3-6-9/h1-2,4,7-9H,3,5-6H2. The number of benzene rings is 1. The van der Waals surface area contributed by atoms with Gasteiger partial charge in [-0.25, -0.2) is 0 Å². The van der Waals surface area contributed by atoms with Gasteiger partial charge in [0, 0.05) is 5.56 Å². The highest BCUT2D eigenvalue weighted by molar-refractivity contribution is 5.77. The van der Waals surface area contributed by atoms with Crippen LogP contribution in [0.1, 0.15) is 41.1 Å². The molecule has 0 bridgehead atoms. The van der Waals surface area contributed by atoms with Gasteiger partial charge in [0.15, 0.2) is 0 Å². The predicted octanol–water partition coefficient (Wildman–Crippen LogP) is 2.77. The van der Waals surface area contributed by atoms with Crippen LogP contribution in [-0.2, 0) is 0 Å². The number of aldehydes is 1. The van der Waals surface area contributed by atoms with Crippen molar-refractivity contribution in [1.82, 2.24) is 0 Å². The fraction of sp³-hybridized carbons (Fsp3) is 0.364. The predicted molar refractivity (Wildman–Crippen MR) is 48.4 cm³/mol. The van der Waals surface area contributed by atoms with Gasteiger partial charge in [0.1, 0.15) is 6.29 Å². The molecule has 1 saturated carbocycles. The second kappa shape index (κ2) is 3.10. The van der Waals surface area contributed by atoms with Crippen LogP contribution in [-0.4, -0.2) is 6.29 Å². The molecular formula is C11H12O. The number of carbonyl (C=O) groups is 1. The van der Waals surface area contributed by atoms with E-state index >= 15 is 0 Å². The molecule has 1 heteroatoms. The van der Waals surface area contributed by atoms with Crippen molar-refractivity contribution in [3.8, 4) is 0 Å². The van der Waals surface area contributed by atoms with Gasteiger partial charge in [0.25, 0.3) is 0 Å². The summed E-state index contributed by atoms with van der Waals surface area (Å²) in [5.41, 5.74) is 2.13.